The molecule has 260 valence electrons. The number of benzene rings is 1. The first-order chi connectivity index (χ1) is 22.4. The van der Waals surface area contributed by atoms with Gasteiger partial charge >= 0.3 is 0 Å². The Labute approximate surface area is 281 Å². The molecule has 0 bridgehead atoms. The Kier molecular flexibility index (Phi) is 15.2. The van der Waals surface area contributed by atoms with Gasteiger partial charge in [-0.25, -0.2) is 4.98 Å². The highest BCUT2D eigenvalue weighted by Crippen LogP contribution is 2.28. The van der Waals surface area contributed by atoms with Gasteiger partial charge in [0.2, 0.25) is 23.6 Å². The Morgan fingerprint density at radius 1 is 1.00 bits per heavy atom. The molecule has 1 saturated heterocycles. The molecule has 0 aliphatic carbocycles. The average molecular weight is 675 g/mol. The van der Waals surface area contributed by atoms with Crippen molar-refractivity contribution in [3.05, 3.63) is 41.0 Å². The van der Waals surface area contributed by atoms with Crippen molar-refractivity contribution < 1.29 is 33.8 Å². The van der Waals surface area contributed by atoms with E-state index in [4.69, 9.17) is 9.47 Å². The molecule has 4 amide bonds. The van der Waals surface area contributed by atoms with Crippen LogP contribution in [0.15, 0.2) is 29.8 Å². The number of nitrogens with zero attached hydrogens (tertiary/aromatic N) is 2. The van der Waals surface area contributed by atoms with E-state index in [0.717, 1.165) is 28.2 Å². The molecule has 0 unspecified atom stereocenters. The summed E-state index contributed by atoms with van der Waals surface area (Å²) in [5, 5.41) is 21.8. The van der Waals surface area contributed by atoms with Crippen LogP contribution < -0.4 is 21.3 Å². The molecule has 2 heterocycles. The predicted octanol–water partition coefficient (Wildman–Crippen LogP) is 1.38. The highest BCUT2D eigenvalue weighted by atomic mass is 32.1. The van der Waals surface area contributed by atoms with Gasteiger partial charge in [-0.3, -0.25) is 19.2 Å². The fourth-order valence-electron chi connectivity index (χ4n) is 5.09. The number of hydrogen-bond donors (Lipinski definition) is 5. The summed E-state index contributed by atoms with van der Waals surface area (Å²) in [6.07, 6.45) is -0.937. The van der Waals surface area contributed by atoms with Crippen LogP contribution in [-0.4, -0.2) is 110 Å². The van der Waals surface area contributed by atoms with Crippen LogP contribution in [0.2, 0.25) is 0 Å². The number of carbonyl (C=O) groups excluding carboxylic acids is 4. The molecule has 1 aliphatic rings. The number of carbonyl (C=O) groups is 4. The van der Waals surface area contributed by atoms with E-state index in [0.29, 0.717) is 33.0 Å². The molecule has 1 fully saturated rings. The topological polar surface area (TPSA) is 171 Å². The normalized spacial score (nSPS) is 16.9. The molecule has 0 saturated carbocycles. The van der Waals surface area contributed by atoms with Crippen LogP contribution in [0.3, 0.4) is 0 Å². The van der Waals surface area contributed by atoms with Crippen molar-refractivity contribution >= 4 is 35.0 Å². The molecule has 1 aliphatic heterocycles. The highest BCUT2D eigenvalue weighted by Gasteiger charge is 2.44. The molecule has 3 rings (SSSR count). The van der Waals surface area contributed by atoms with E-state index in [1.165, 1.54) is 4.90 Å². The largest absolute Gasteiger partial charge is 0.391 e. The van der Waals surface area contributed by atoms with Crippen molar-refractivity contribution in [1.82, 2.24) is 31.2 Å². The van der Waals surface area contributed by atoms with Crippen LogP contribution in [0.1, 0.15) is 51.3 Å². The molecule has 1 aromatic heterocycles. The van der Waals surface area contributed by atoms with E-state index in [1.807, 2.05) is 64.5 Å². The van der Waals surface area contributed by atoms with Gasteiger partial charge in [0.05, 0.1) is 48.6 Å². The van der Waals surface area contributed by atoms with E-state index >= 15 is 0 Å². The van der Waals surface area contributed by atoms with Crippen molar-refractivity contribution in [2.75, 3.05) is 53.1 Å². The van der Waals surface area contributed by atoms with Crippen LogP contribution in [0.5, 0.6) is 0 Å². The van der Waals surface area contributed by atoms with Crippen molar-refractivity contribution in [2.24, 2.45) is 5.41 Å². The van der Waals surface area contributed by atoms with Crippen molar-refractivity contribution in [3.63, 3.8) is 0 Å². The average Bonchev–Trinajstić information content (AvgIpc) is 3.65. The smallest absolute Gasteiger partial charge is 0.246 e. The van der Waals surface area contributed by atoms with Crippen LogP contribution in [-0.2, 0) is 35.2 Å². The first-order valence-corrected chi connectivity index (χ1v) is 16.9. The third-order valence-corrected chi connectivity index (χ3v) is 8.71. The fourth-order valence-corrected chi connectivity index (χ4v) is 5.90. The van der Waals surface area contributed by atoms with Gasteiger partial charge in [-0.15, -0.1) is 11.3 Å². The summed E-state index contributed by atoms with van der Waals surface area (Å²) in [6, 6.07) is 5.99. The van der Waals surface area contributed by atoms with Crippen LogP contribution in [0.4, 0.5) is 0 Å². The van der Waals surface area contributed by atoms with Crippen LogP contribution in [0.25, 0.3) is 10.4 Å². The van der Waals surface area contributed by atoms with Gasteiger partial charge < -0.3 is 40.7 Å². The van der Waals surface area contributed by atoms with Crippen molar-refractivity contribution in [2.45, 2.75) is 71.7 Å². The van der Waals surface area contributed by atoms with Gasteiger partial charge in [-0.1, -0.05) is 45.0 Å². The van der Waals surface area contributed by atoms with Gasteiger partial charge in [0.15, 0.2) is 0 Å². The summed E-state index contributed by atoms with van der Waals surface area (Å²) in [7, 11) is 1.85. The summed E-state index contributed by atoms with van der Waals surface area (Å²) in [6.45, 7) is 10.5. The number of likely N-dealkylation sites (N-methyl/N-ethyl adjacent to an activating group) is 1. The van der Waals surface area contributed by atoms with E-state index in [9.17, 15) is 24.3 Å². The Morgan fingerprint density at radius 3 is 2.28 bits per heavy atom. The molecule has 47 heavy (non-hydrogen) atoms. The quantitative estimate of drug-likeness (QED) is 0.147. The van der Waals surface area contributed by atoms with E-state index in [-0.39, 0.29) is 44.2 Å². The third kappa shape index (κ3) is 12.3. The Morgan fingerprint density at radius 2 is 1.66 bits per heavy atom. The molecule has 0 spiro atoms. The summed E-state index contributed by atoms with van der Waals surface area (Å²) in [5.41, 5.74) is 4.01. The lowest BCUT2D eigenvalue weighted by atomic mass is 9.85. The van der Waals surface area contributed by atoms with Crippen molar-refractivity contribution in [1.29, 1.82) is 0 Å². The number of β-amino-alcohol motifs (C(OH)–C–C–N with tert-alkyl or cyclic N) is 1. The second-order valence-corrected chi connectivity index (χ2v) is 13.5. The second kappa shape index (κ2) is 18.8. The number of aliphatic hydroxyl groups excluding tert-OH is 1. The van der Waals surface area contributed by atoms with E-state index in [1.54, 1.807) is 11.3 Å². The minimum atomic E-state index is -0.967. The number of nitrogens with one attached hydrogen (secondary N) is 4. The maximum Gasteiger partial charge on any atom is 0.246 e. The third-order valence-electron chi connectivity index (χ3n) is 7.73. The second-order valence-electron chi connectivity index (χ2n) is 12.6. The zero-order valence-electron chi connectivity index (χ0n) is 28.1. The standard InChI is InChI=1S/C33H50N6O7S/c1-22-29(47-21-37-22)24-8-6-23(7-9-24)19-36-31(43)26-18-25(40)20-39(26)32(44)30(33(2,3)4)38-28(42)11-10-27(41)35-13-15-46-17-16-45-14-12-34-5/h6-9,21,25-26,30,34,40H,10-20H2,1-5H3,(H,35,41)(H,36,43)(H,38,42)/t25-,26+,30-/m1/s1. The summed E-state index contributed by atoms with van der Waals surface area (Å²) in [5.74, 6) is -1.59. The maximum atomic E-state index is 13.8. The lowest BCUT2D eigenvalue weighted by Crippen LogP contribution is -2.57. The monoisotopic (exact) mass is 674 g/mol. The predicted molar refractivity (Wildman–Crippen MR) is 179 cm³/mol. The lowest BCUT2D eigenvalue weighted by molar-refractivity contribution is -0.144. The van der Waals surface area contributed by atoms with Crippen LogP contribution in [0, 0.1) is 12.3 Å². The van der Waals surface area contributed by atoms with E-state index < -0.39 is 35.4 Å². The molecule has 13 nitrogen and oxygen atoms in total. The summed E-state index contributed by atoms with van der Waals surface area (Å²) in [4.78, 5) is 58.9. The minimum Gasteiger partial charge on any atom is -0.391 e. The van der Waals surface area contributed by atoms with Gasteiger partial charge in [-0.05, 0) is 30.5 Å². The zero-order chi connectivity index (χ0) is 34.4. The molecular formula is C33H50N6O7S. The minimum absolute atomic E-state index is 0.0190. The molecule has 14 heteroatoms. The van der Waals surface area contributed by atoms with E-state index in [2.05, 4.69) is 26.3 Å². The van der Waals surface area contributed by atoms with Gasteiger partial charge in [-0.2, -0.15) is 0 Å². The maximum absolute atomic E-state index is 13.8. The number of likely N-dealkylation sites (tertiary alicyclic amines) is 1. The van der Waals surface area contributed by atoms with Crippen molar-refractivity contribution in [3.8, 4) is 10.4 Å². The Hall–Kier alpha value is -3.43. The summed E-state index contributed by atoms with van der Waals surface area (Å²) < 4.78 is 10.8. The molecule has 5 N–H and O–H groups in total. The molecule has 0 radical (unpaired) electrons. The fraction of sp³-hybridized carbons (Fsp3) is 0.606. The lowest BCUT2D eigenvalue weighted by Gasteiger charge is -2.35. The number of aliphatic hydroxyl groups is 1. The number of rotatable bonds is 18. The number of amides is 4. The van der Waals surface area contributed by atoms with Gasteiger partial charge in [0, 0.05) is 45.4 Å². The zero-order valence-corrected chi connectivity index (χ0v) is 28.9. The SMILES string of the molecule is CNCCOCCOCCNC(=O)CCC(=O)N[C@H](C(=O)N1C[C@H](O)C[C@H]1C(=O)NCc1ccc(-c2scnc2C)cc1)C(C)(C)C. The summed E-state index contributed by atoms with van der Waals surface area (Å²) >= 11 is 1.57. The van der Waals surface area contributed by atoms with Crippen LogP contribution >= 0.6 is 11.3 Å². The van der Waals surface area contributed by atoms with Gasteiger partial charge in [0.25, 0.3) is 0 Å². The molecular weight excluding hydrogens is 624 g/mol. The Balaban J connectivity index is 1.48. The molecule has 2 aromatic rings. The first kappa shape index (κ1) is 38.0. The number of aromatic nitrogens is 1. The van der Waals surface area contributed by atoms with Gasteiger partial charge in [0.1, 0.15) is 12.1 Å². The number of hydrogen-bond acceptors (Lipinski definition) is 10. The molecule has 3 atom stereocenters. The Bertz CT molecular complexity index is 1310. The highest BCUT2D eigenvalue weighted by molar-refractivity contribution is 7.13. The number of thiazole rings is 1. The number of ether oxygens (including phenoxy) is 2. The number of aryl methyl sites for hydroxylation is 1. The first-order valence-electron chi connectivity index (χ1n) is 16.0. The molecule has 1 aromatic carbocycles.